The molecule has 0 saturated heterocycles. The van der Waals surface area contributed by atoms with Gasteiger partial charge in [-0.3, -0.25) is 4.79 Å². The first-order valence-corrected chi connectivity index (χ1v) is 11.8. The zero-order valence-corrected chi connectivity index (χ0v) is 18.8. The molecule has 2 aromatic carbocycles. The minimum atomic E-state index is -3.24. The number of hydrogen-bond acceptors (Lipinski definition) is 4. The minimum absolute atomic E-state index is 0.0776. The molecule has 7 nitrogen and oxygen atoms in total. The Morgan fingerprint density at radius 2 is 1.80 bits per heavy atom. The summed E-state index contributed by atoms with van der Waals surface area (Å²) in [5, 5.41) is 9.00. The van der Waals surface area contributed by atoms with Crippen LogP contribution in [0.3, 0.4) is 0 Å². The molecule has 0 spiro atoms. The number of benzene rings is 2. The van der Waals surface area contributed by atoms with Gasteiger partial charge in [-0.05, 0) is 55.2 Å². The molecule has 2 aromatic rings. The number of nitrogens with zero attached hydrogens (tertiary/aromatic N) is 1. The lowest BCUT2D eigenvalue weighted by molar-refractivity contribution is -0.115. The smallest absolute Gasteiger partial charge is 0.243 e. The zero-order chi connectivity index (χ0) is 22.1. The van der Waals surface area contributed by atoms with Crippen molar-refractivity contribution in [3.05, 3.63) is 59.2 Å². The second kappa shape index (κ2) is 10.8. The number of aryl methyl sites for hydroxylation is 2. The average molecular weight is 431 g/mol. The molecule has 162 valence electrons. The highest BCUT2D eigenvalue weighted by atomic mass is 32.2. The number of sulfone groups is 1. The first-order chi connectivity index (χ1) is 14.2. The van der Waals surface area contributed by atoms with E-state index in [1.807, 2.05) is 37.3 Å². The van der Waals surface area contributed by atoms with Crippen LogP contribution in [0, 0.1) is 6.92 Å². The van der Waals surface area contributed by atoms with Crippen molar-refractivity contribution >= 4 is 27.4 Å². The summed E-state index contributed by atoms with van der Waals surface area (Å²) in [6.07, 6.45) is 2.10. The number of amides is 1. The van der Waals surface area contributed by atoms with E-state index in [2.05, 4.69) is 27.9 Å². The Hall–Kier alpha value is -2.87. The van der Waals surface area contributed by atoms with Gasteiger partial charge in [0.25, 0.3) is 0 Å². The highest BCUT2D eigenvalue weighted by Gasteiger charge is 2.11. The lowest BCUT2D eigenvalue weighted by atomic mass is 10.1. The Bertz CT molecular complexity index is 1020. The van der Waals surface area contributed by atoms with Crippen LogP contribution in [0.25, 0.3) is 0 Å². The number of carbonyl (C=O) groups excluding carboxylic acids is 1. The van der Waals surface area contributed by atoms with Crippen molar-refractivity contribution in [2.75, 3.05) is 24.7 Å². The van der Waals surface area contributed by atoms with E-state index in [1.54, 1.807) is 19.1 Å². The predicted octanol–water partition coefficient (Wildman–Crippen LogP) is 2.65. The van der Waals surface area contributed by atoms with Gasteiger partial charge in [-0.25, -0.2) is 13.4 Å². The maximum absolute atomic E-state index is 12.3. The standard InChI is InChI=1S/C22H30N4O3S/c1-5-17-8-7-9-19(13-17)26-21(27)15-25-22(23-6-2)24-14-18-10-11-20(16(3)12-18)30(4,28)29/h7-13H,5-6,14-15H2,1-4H3,(H,26,27)(H2,23,24,25). The van der Waals surface area contributed by atoms with Crippen LogP contribution >= 0.6 is 0 Å². The summed E-state index contributed by atoms with van der Waals surface area (Å²) in [5.74, 6) is 0.349. The van der Waals surface area contributed by atoms with Crippen molar-refractivity contribution in [3.8, 4) is 0 Å². The molecule has 0 atom stereocenters. The number of nitrogens with one attached hydrogen (secondary N) is 3. The number of carbonyl (C=O) groups is 1. The summed E-state index contributed by atoms with van der Waals surface area (Å²) in [6, 6.07) is 12.9. The number of guanidine groups is 1. The molecule has 3 N–H and O–H groups in total. The van der Waals surface area contributed by atoms with E-state index in [-0.39, 0.29) is 12.5 Å². The van der Waals surface area contributed by atoms with Crippen LogP contribution in [-0.4, -0.2) is 39.6 Å². The Kier molecular flexibility index (Phi) is 8.41. The van der Waals surface area contributed by atoms with E-state index >= 15 is 0 Å². The van der Waals surface area contributed by atoms with Crippen LogP contribution in [0.15, 0.2) is 52.4 Å². The lowest BCUT2D eigenvalue weighted by Gasteiger charge is -2.12. The molecule has 30 heavy (non-hydrogen) atoms. The number of anilines is 1. The number of aliphatic imine (C=N–C) groups is 1. The van der Waals surface area contributed by atoms with Crippen LogP contribution in [0.1, 0.15) is 30.5 Å². The van der Waals surface area contributed by atoms with Gasteiger partial charge in [0.05, 0.1) is 18.0 Å². The first kappa shape index (κ1) is 23.4. The largest absolute Gasteiger partial charge is 0.357 e. The van der Waals surface area contributed by atoms with Crippen molar-refractivity contribution in [2.24, 2.45) is 4.99 Å². The zero-order valence-electron chi connectivity index (χ0n) is 18.0. The van der Waals surface area contributed by atoms with Crippen molar-refractivity contribution < 1.29 is 13.2 Å². The van der Waals surface area contributed by atoms with E-state index in [1.165, 1.54) is 6.26 Å². The van der Waals surface area contributed by atoms with Gasteiger partial charge in [-0.1, -0.05) is 31.2 Å². The molecule has 1 amide bonds. The fourth-order valence-corrected chi connectivity index (χ4v) is 3.94. The van der Waals surface area contributed by atoms with Gasteiger partial charge in [0.2, 0.25) is 5.91 Å². The van der Waals surface area contributed by atoms with Crippen molar-refractivity contribution in [2.45, 2.75) is 38.6 Å². The molecule has 0 bridgehead atoms. The summed E-state index contributed by atoms with van der Waals surface area (Å²) in [4.78, 5) is 17.1. The molecule has 0 radical (unpaired) electrons. The quantitative estimate of drug-likeness (QED) is 0.442. The molecule has 0 aliphatic heterocycles. The maximum atomic E-state index is 12.3. The molecule has 0 unspecified atom stereocenters. The molecular weight excluding hydrogens is 400 g/mol. The normalized spacial score (nSPS) is 11.8. The Balaban J connectivity index is 1.98. The third-order valence-electron chi connectivity index (χ3n) is 4.44. The van der Waals surface area contributed by atoms with Gasteiger partial charge < -0.3 is 16.0 Å². The average Bonchev–Trinajstić information content (AvgIpc) is 2.69. The Morgan fingerprint density at radius 3 is 2.43 bits per heavy atom. The van der Waals surface area contributed by atoms with Gasteiger partial charge >= 0.3 is 0 Å². The van der Waals surface area contributed by atoms with E-state index in [0.29, 0.717) is 29.5 Å². The van der Waals surface area contributed by atoms with Gasteiger partial charge in [-0.2, -0.15) is 0 Å². The van der Waals surface area contributed by atoms with Crippen molar-refractivity contribution in [1.82, 2.24) is 10.6 Å². The van der Waals surface area contributed by atoms with Gasteiger partial charge in [0, 0.05) is 18.5 Å². The monoisotopic (exact) mass is 430 g/mol. The fraction of sp³-hybridized carbons (Fsp3) is 0.364. The van der Waals surface area contributed by atoms with Crippen LogP contribution in [0.4, 0.5) is 5.69 Å². The summed E-state index contributed by atoms with van der Waals surface area (Å²) < 4.78 is 23.5. The van der Waals surface area contributed by atoms with Gasteiger partial charge in [-0.15, -0.1) is 0 Å². The summed E-state index contributed by atoms with van der Waals surface area (Å²) in [6.45, 7) is 6.87. The summed E-state index contributed by atoms with van der Waals surface area (Å²) in [7, 11) is -3.24. The van der Waals surface area contributed by atoms with E-state index in [4.69, 9.17) is 0 Å². The lowest BCUT2D eigenvalue weighted by Crippen LogP contribution is -2.41. The van der Waals surface area contributed by atoms with Gasteiger partial charge in [0.1, 0.15) is 0 Å². The number of rotatable bonds is 8. The topological polar surface area (TPSA) is 99.7 Å². The minimum Gasteiger partial charge on any atom is -0.357 e. The fourth-order valence-electron chi connectivity index (χ4n) is 2.98. The molecule has 0 saturated carbocycles. The summed E-state index contributed by atoms with van der Waals surface area (Å²) >= 11 is 0. The first-order valence-electron chi connectivity index (χ1n) is 9.93. The molecular formula is C22H30N4O3S. The molecule has 8 heteroatoms. The van der Waals surface area contributed by atoms with Crippen molar-refractivity contribution in [1.29, 1.82) is 0 Å². The molecule has 0 fully saturated rings. The van der Waals surface area contributed by atoms with E-state index < -0.39 is 9.84 Å². The molecule has 0 aliphatic rings. The third-order valence-corrected chi connectivity index (χ3v) is 5.70. The molecule has 0 aromatic heterocycles. The highest BCUT2D eigenvalue weighted by molar-refractivity contribution is 7.90. The van der Waals surface area contributed by atoms with Crippen molar-refractivity contribution in [3.63, 3.8) is 0 Å². The Morgan fingerprint density at radius 1 is 1.03 bits per heavy atom. The second-order valence-electron chi connectivity index (χ2n) is 7.02. The van der Waals surface area contributed by atoms with Crippen LogP contribution in [0.2, 0.25) is 0 Å². The SMILES string of the molecule is CCNC(=NCc1ccc(S(C)(=O)=O)c(C)c1)NCC(=O)Nc1cccc(CC)c1. The number of hydrogen-bond donors (Lipinski definition) is 3. The van der Waals surface area contributed by atoms with Crippen LogP contribution in [0.5, 0.6) is 0 Å². The van der Waals surface area contributed by atoms with E-state index in [0.717, 1.165) is 23.2 Å². The van der Waals surface area contributed by atoms with Crippen LogP contribution in [-0.2, 0) is 27.6 Å². The predicted molar refractivity (Wildman–Crippen MR) is 122 cm³/mol. The Labute approximate surface area is 178 Å². The maximum Gasteiger partial charge on any atom is 0.243 e. The molecule has 0 heterocycles. The summed E-state index contributed by atoms with van der Waals surface area (Å²) in [5.41, 5.74) is 3.51. The van der Waals surface area contributed by atoms with Crippen LogP contribution < -0.4 is 16.0 Å². The highest BCUT2D eigenvalue weighted by Crippen LogP contribution is 2.17. The third kappa shape index (κ3) is 7.18. The molecule has 0 aliphatic carbocycles. The second-order valence-corrected chi connectivity index (χ2v) is 9.01. The van der Waals surface area contributed by atoms with E-state index in [9.17, 15) is 13.2 Å². The molecule has 2 rings (SSSR count). The van der Waals surface area contributed by atoms with Gasteiger partial charge in [0.15, 0.2) is 15.8 Å².